The molecule has 1 aromatic carbocycles. The van der Waals surface area contributed by atoms with Crippen LogP contribution in [0.25, 0.3) is 10.9 Å². The van der Waals surface area contributed by atoms with Crippen LogP contribution in [0, 0.1) is 5.92 Å². The molecule has 1 saturated carbocycles. The third-order valence-electron chi connectivity index (χ3n) is 5.69. The maximum absolute atomic E-state index is 6.45. The van der Waals surface area contributed by atoms with E-state index in [-0.39, 0.29) is 0 Å². The third kappa shape index (κ3) is 2.38. The first-order chi connectivity index (χ1) is 11.4. The molecule has 3 unspecified atom stereocenters. The Morgan fingerprint density at radius 2 is 2.04 bits per heavy atom. The summed E-state index contributed by atoms with van der Waals surface area (Å²) in [5.41, 5.74) is 0.953. The van der Waals surface area contributed by atoms with Gasteiger partial charge in [-0.05, 0) is 50.3 Å². The predicted molar refractivity (Wildman–Crippen MR) is 90.1 cm³/mol. The van der Waals surface area contributed by atoms with Crippen LogP contribution in [-0.4, -0.2) is 42.6 Å². The molecule has 0 N–H and O–H groups in total. The first kappa shape index (κ1) is 14.2. The summed E-state index contributed by atoms with van der Waals surface area (Å²) >= 11 is -1.84. The molecule has 0 spiro atoms. The van der Waals surface area contributed by atoms with Gasteiger partial charge in [0.25, 0.3) is 0 Å². The number of aromatic nitrogens is 1. The lowest BCUT2D eigenvalue weighted by Gasteiger charge is -2.42. The molecule has 1 aliphatic carbocycles. The van der Waals surface area contributed by atoms with Gasteiger partial charge in [0.2, 0.25) is 0 Å². The molecule has 2 saturated heterocycles. The van der Waals surface area contributed by atoms with Crippen molar-refractivity contribution in [3.05, 3.63) is 36.5 Å². The highest BCUT2D eigenvalue weighted by atomic mass is 27.2. The molecule has 5 rings (SSSR count). The lowest BCUT2D eigenvalue weighted by atomic mass is 9.78. The monoisotopic (exact) mass is 324 g/mol. The lowest BCUT2D eigenvalue weighted by molar-refractivity contribution is 0.0725. The average Bonchev–Trinajstić information content (AvgIpc) is 2.95. The quantitative estimate of drug-likeness (QED) is 0.794. The Morgan fingerprint density at radius 1 is 1.13 bits per heavy atom. The number of piperidine rings is 1. The zero-order chi connectivity index (χ0) is 15.2. The Hall–Kier alpha value is -1.12. The van der Waals surface area contributed by atoms with E-state index >= 15 is 0 Å². The van der Waals surface area contributed by atoms with Gasteiger partial charge in [0.05, 0.1) is 0 Å². The summed E-state index contributed by atoms with van der Waals surface area (Å²) in [6.45, 7) is 1.15. The summed E-state index contributed by atoms with van der Waals surface area (Å²) in [4.78, 5) is 4.52. The summed E-state index contributed by atoms with van der Waals surface area (Å²) in [5, 5.41) is 1.13. The molecule has 0 amide bonds. The summed E-state index contributed by atoms with van der Waals surface area (Å²) < 4.78 is 15.5. The standard InChI is InChI=1S/C9H15NO.C9H7NO.Al/c2*11-8-5-1-3-7-4-2-6-10-9(7)8;/h7-9H,1-6H2;1-6,11H;/q-2;;+3/p-1. The van der Waals surface area contributed by atoms with Crippen LogP contribution in [0.3, 0.4) is 0 Å². The highest BCUT2D eigenvalue weighted by Crippen LogP contribution is 2.42. The number of benzene rings is 1. The Bertz CT molecular complexity index is 718. The van der Waals surface area contributed by atoms with Gasteiger partial charge in [0, 0.05) is 23.7 Å². The van der Waals surface area contributed by atoms with Crippen molar-refractivity contribution in [3.8, 4) is 5.75 Å². The van der Waals surface area contributed by atoms with Crippen molar-refractivity contribution in [2.75, 3.05) is 6.54 Å². The minimum Gasteiger partial charge on any atom is -0.607 e. The van der Waals surface area contributed by atoms with Crippen molar-refractivity contribution >= 4 is 25.9 Å². The largest absolute Gasteiger partial charge is 0.897 e. The van der Waals surface area contributed by atoms with Crippen molar-refractivity contribution in [2.45, 2.75) is 44.2 Å². The van der Waals surface area contributed by atoms with Gasteiger partial charge in [-0.3, -0.25) is 4.98 Å². The molecule has 3 fully saturated rings. The molecule has 3 aliphatic rings. The zero-order valence-corrected chi connectivity index (χ0v) is 14.4. The van der Waals surface area contributed by atoms with E-state index in [1.54, 1.807) is 0 Å². The number of para-hydroxylation sites is 1. The fraction of sp³-hybridized carbons (Fsp3) is 0.500. The summed E-state index contributed by atoms with van der Waals surface area (Å²) in [6.07, 6.45) is 8.81. The maximum atomic E-state index is 6.45. The molecular formula is C18H21AlN2O2. The van der Waals surface area contributed by atoms with Crippen molar-refractivity contribution in [1.29, 1.82) is 0 Å². The second-order valence-corrected chi connectivity index (χ2v) is 8.78. The van der Waals surface area contributed by atoms with E-state index in [0.29, 0.717) is 12.1 Å². The second kappa shape index (κ2) is 5.75. The van der Waals surface area contributed by atoms with Crippen LogP contribution in [0.5, 0.6) is 5.75 Å². The number of nitrogens with zero attached hydrogens (tertiary/aromatic N) is 2. The second-order valence-electron chi connectivity index (χ2n) is 6.99. The summed E-state index contributed by atoms with van der Waals surface area (Å²) in [6, 6.07) is 10.9. The van der Waals surface area contributed by atoms with E-state index in [2.05, 4.69) is 27.1 Å². The highest BCUT2D eigenvalue weighted by Gasteiger charge is 2.58. The molecular weight excluding hydrogens is 303 g/mol. The fourth-order valence-electron chi connectivity index (χ4n) is 4.71. The lowest BCUT2D eigenvalue weighted by Crippen LogP contribution is -2.52. The number of hydrogen-bond acceptors (Lipinski definition) is 4. The molecule has 2 aromatic rings. The average molecular weight is 324 g/mol. The third-order valence-corrected chi connectivity index (χ3v) is 7.87. The van der Waals surface area contributed by atoms with E-state index in [4.69, 9.17) is 7.58 Å². The predicted octanol–water partition coefficient (Wildman–Crippen LogP) is 3.26. The van der Waals surface area contributed by atoms with Gasteiger partial charge in [0.1, 0.15) is 11.3 Å². The van der Waals surface area contributed by atoms with Crippen LogP contribution in [-0.2, 0) is 3.79 Å². The number of hydrogen-bond donors (Lipinski definition) is 0. The molecule has 4 nitrogen and oxygen atoms in total. The number of pyridine rings is 1. The van der Waals surface area contributed by atoms with E-state index in [0.717, 1.165) is 29.1 Å². The molecule has 3 atom stereocenters. The molecule has 2 aliphatic heterocycles. The summed E-state index contributed by atoms with van der Waals surface area (Å²) in [5.74, 6) is 1.72. The van der Waals surface area contributed by atoms with Crippen molar-refractivity contribution < 1.29 is 7.58 Å². The molecule has 0 bridgehead atoms. The van der Waals surface area contributed by atoms with Crippen LogP contribution >= 0.6 is 0 Å². The number of rotatable bonds is 2. The summed E-state index contributed by atoms with van der Waals surface area (Å²) in [7, 11) is 0. The van der Waals surface area contributed by atoms with Crippen molar-refractivity contribution in [3.63, 3.8) is 0 Å². The van der Waals surface area contributed by atoms with Crippen LogP contribution in [0.4, 0.5) is 0 Å². The molecule has 118 valence electrons. The van der Waals surface area contributed by atoms with E-state index in [9.17, 15) is 0 Å². The Morgan fingerprint density at radius 3 is 3.04 bits per heavy atom. The minimum atomic E-state index is -1.84. The van der Waals surface area contributed by atoms with E-state index < -0.39 is 15.0 Å². The molecule has 23 heavy (non-hydrogen) atoms. The van der Waals surface area contributed by atoms with Crippen LogP contribution in [0.15, 0.2) is 36.5 Å². The smallest absolute Gasteiger partial charge is 0.607 e. The van der Waals surface area contributed by atoms with E-state index in [1.807, 2.05) is 18.3 Å². The normalized spacial score (nSPS) is 30.4. The van der Waals surface area contributed by atoms with Crippen LogP contribution in [0.2, 0.25) is 0 Å². The maximum Gasteiger partial charge on any atom is 0.897 e. The van der Waals surface area contributed by atoms with Gasteiger partial charge in [-0.2, -0.15) is 0 Å². The minimum absolute atomic E-state index is 0.411. The van der Waals surface area contributed by atoms with Crippen LogP contribution < -0.4 is 3.79 Å². The highest BCUT2D eigenvalue weighted by molar-refractivity contribution is 6.43. The molecule has 0 radical (unpaired) electrons. The van der Waals surface area contributed by atoms with Crippen molar-refractivity contribution in [1.82, 2.24) is 8.87 Å². The van der Waals surface area contributed by atoms with Gasteiger partial charge < -0.3 is 11.5 Å². The molecule has 5 heteroatoms. The Balaban J connectivity index is 1.46. The molecule has 1 aromatic heterocycles. The van der Waals surface area contributed by atoms with Gasteiger partial charge >= 0.3 is 15.0 Å². The van der Waals surface area contributed by atoms with Gasteiger partial charge in [0.15, 0.2) is 0 Å². The van der Waals surface area contributed by atoms with Crippen molar-refractivity contribution in [2.24, 2.45) is 5.92 Å². The van der Waals surface area contributed by atoms with Gasteiger partial charge in [-0.15, -0.1) is 0 Å². The van der Waals surface area contributed by atoms with Gasteiger partial charge in [-0.1, -0.05) is 24.6 Å². The Kier molecular flexibility index (Phi) is 3.56. The number of fused-ring (bicyclic) bond motifs is 1. The Labute approximate surface area is 141 Å². The molecule has 3 heterocycles. The first-order valence-electron chi connectivity index (χ1n) is 8.82. The van der Waals surface area contributed by atoms with Crippen LogP contribution in [0.1, 0.15) is 32.1 Å². The van der Waals surface area contributed by atoms with Gasteiger partial charge in [-0.25, -0.2) is 0 Å². The van der Waals surface area contributed by atoms with E-state index in [1.165, 1.54) is 32.1 Å². The zero-order valence-electron chi connectivity index (χ0n) is 13.2. The SMILES string of the molecule is c1cnc2c([O][Al]3[O]C4CCCC5CCC[N]3C54)cccc2c1. The fourth-order valence-corrected chi connectivity index (χ4v) is 7.17. The first-order valence-corrected chi connectivity index (χ1v) is 10.3. The topological polar surface area (TPSA) is 34.6 Å².